The van der Waals surface area contributed by atoms with Gasteiger partial charge in [0.05, 0.1) is 24.9 Å². The summed E-state index contributed by atoms with van der Waals surface area (Å²) in [6.07, 6.45) is 6.60. The standard InChI is InChI=1S/C33H47N5O4Si/c1-33(2,3)43(4,5)42-27-16-17-30-28(23-27)32(36-38(30)31-15-9-10-22-41-31)29-24-34-37(35-29)18-11-19-39-20-12-21-40-25-26-13-7-6-8-14-26/h6-8,13-14,16-17,23-24,31H,9-12,15,18-22,25H2,1-5H3. The number of aryl methyl sites for hydroxylation is 1. The first-order valence-electron chi connectivity index (χ1n) is 15.6. The average molecular weight is 606 g/mol. The number of hydrogen-bond donors (Lipinski definition) is 0. The Labute approximate surface area is 256 Å². The molecule has 1 aliphatic rings. The summed E-state index contributed by atoms with van der Waals surface area (Å²) >= 11 is 0. The molecule has 1 aliphatic heterocycles. The third-order valence-electron chi connectivity index (χ3n) is 8.40. The maximum atomic E-state index is 6.66. The molecule has 9 nitrogen and oxygen atoms in total. The monoisotopic (exact) mass is 605 g/mol. The van der Waals surface area contributed by atoms with Gasteiger partial charge in [-0.1, -0.05) is 51.1 Å². The molecule has 10 heteroatoms. The van der Waals surface area contributed by atoms with Gasteiger partial charge in [-0.2, -0.15) is 20.1 Å². The SMILES string of the molecule is CC(C)(C)[Si](C)(C)Oc1ccc2c(c1)c(-c1cnn(CCCOCCCOCc3ccccc3)n1)nn2C1CCCCO1. The maximum Gasteiger partial charge on any atom is 0.250 e. The van der Waals surface area contributed by atoms with Crippen molar-refractivity contribution in [1.82, 2.24) is 24.8 Å². The highest BCUT2D eigenvalue weighted by atomic mass is 28.4. The molecule has 1 saturated heterocycles. The molecule has 0 amide bonds. The molecule has 2 aromatic heterocycles. The molecule has 1 fully saturated rings. The van der Waals surface area contributed by atoms with E-state index in [1.54, 1.807) is 11.0 Å². The molecule has 4 aromatic rings. The summed E-state index contributed by atoms with van der Waals surface area (Å²) in [5.74, 6) is 0.875. The van der Waals surface area contributed by atoms with Crippen LogP contribution in [0.2, 0.25) is 18.1 Å². The minimum atomic E-state index is -2.00. The Bertz CT molecular complexity index is 1440. The molecule has 1 unspecified atom stereocenters. The van der Waals surface area contributed by atoms with E-state index >= 15 is 0 Å². The second kappa shape index (κ2) is 14.2. The van der Waals surface area contributed by atoms with Gasteiger partial charge in [0, 0.05) is 31.8 Å². The molecule has 3 heterocycles. The fourth-order valence-corrected chi connectivity index (χ4v) is 5.93. The molecule has 0 spiro atoms. The summed E-state index contributed by atoms with van der Waals surface area (Å²) in [5, 5.41) is 15.5. The molecular formula is C33H47N5O4Si. The van der Waals surface area contributed by atoms with Crippen molar-refractivity contribution in [3.8, 4) is 17.1 Å². The molecular weight excluding hydrogens is 558 g/mol. The van der Waals surface area contributed by atoms with Crippen molar-refractivity contribution in [3.05, 3.63) is 60.3 Å². The van der Waals surface area contributed by atoms with Crippen LogP contribution >= 0.6 is 0 Å². The normalized spacial score (nSPS) is 16.2. The molecule has 1 atom stereocenters. The van der Waals surface area contributed by atoms with Crippen LogP contribution in [0, 0.1) is 0 Å². The summed E-state index contributed by atoms with van der Waals surface area (Å²) in [7, 11) is -2.00. The van der Waals surface area contributed by atoms with E-state index in [9.17, 15) is 0 Å². The highest BCUT2D eigenvalue weighted by molar-refractivity contribution is 6.74. The van der Waals surface area contributed by atoms with E-state index in [1.165, 1.54) is 5.56 Å². The van der Waals surface area contributed by atoms with E-state index < -0.39 is 8.32 Å². The Morgan fingerprint density at radius 1 is 0.953 bits per heavy atom. The fraction of sp³-hybridized carbons (Fsp3) is 0.545. The van der Waals surface area contributed by atoms with Gasteiger partial charge in [-0.05, 0) is 74.0 Å². The van der Waals surface area contributed by atoms with E-state index in [4.69, 9.17) is 28.8 Å². The molecule has 232 valence electrons. The van der Waals surface area contributed by atoms with Gasteiger partial charge in [0.25, 0.3) is 0 Å². The lowest BCUT2D eigenvalue weighted by Crippen LogP contribution is -2.43. The highest BCUT2D eigenvalue weighted by Gasteiger charge is 2.39. The van der Waals surface area contributed by atoms with Crippen LogP contribution in [0.1, 0.15) is 64.7 Å². The van der Waals surface area contributed by atoms with Gasteiger partial charge in [-0.15, -0.1) is 0 Å². The van der Waals surface area contributed by atoms with Crippen molar-refractivity contribution in [1.29, 1.82) is 0 Å². The number of rotatable bonds is 14. The highest BCUT2D eigenvalue weighted by Crippen LogP contribution is 2.39. The van der Waals surface area contributed by atoms with Gasteiger partial charge < -0.3 is 18.6 Å². The molecule has 0 N–H and O–H groups in total. The lowest BCUT2D eigenvalue weighted by atomic mass is 10.1. The maximum absolute atomic E-state index is 6.66. The Hall–Kier alpha value is -3.05. The lowest BCUT2D eigenvalue weighted by molar-refractivity contribution is -0.0365. The first-order valence-corrected chi connectivity index (χ1v) is 18.5. The molecule has 0 aliphatic carbocycles. The molecule has 0 bridgehead atoms. The number of nitrogens with zero attached hydrogens (tertiary/aromatic N) is 5. The predicted molar refractivity (Wildman–Crippen MR) is 172 cm³/mol. The van der Waals surface area contributed by atoms with Crippen LogP contribution in [0.25, 0.3) is 22.3 Å². The number of fused-ring (bicyclic) bond motifs is 1. The zero-order valence-electron chi connectivity index (χ0n) is 26.4. The minimum Gasteiger partial charge on any atom is -0.543 e. The minimum absolute atomic E-state index is 0.0758. The Balaban J connectivity index is 1.20. The topological polar surface area (TPSA) is 85.5 Å². The van der Waals surface area contributed by atoms with Gasteiger partial charge in [-0.25, -0.2) is 4.68 Å². The third kappa shape index (κ3) is 8.11. The number of ether oxygens (including phenoxy) is 3. The number of aromatic nitrogens is 5. The van der Waals surface area contributed by atoms with Gasteiger partial charge in [0.1, 0.15) is 17.1 Å². The fourth-order valence-electron chi connectivity index (χ4n) is 4.91. The second-order valence-corrected chi connectivity index (χ2v) is 17.6. The van der Waals surface area contributed by atoms with Crippen LogP contribution < -0.4 is 4.43 Å². The van der Waals surface area contributed by atoms with Crippen LogP contribution in [-0.4, -0.2) is 59.5 Å². The van der Waals surface area contributed by atoms with Crippen molar-refractivity contribution in [2.75, 3.05) is 26.4 Å². The van der Waals surface area contributed by atoms with Crippen LogP contribution in [0.5, 0.6) is 5.75 Å². The predicted octanol–water partition coefficient (Wildman–Crippen LogP) is 7.39. The van der Waals surface area contributed by atoms with Crippen LogP contribution in [-0.2, 0) is 27.4 Å². The molecule has 5 rings (SSSR count). The molecule has 0 saturated carbocycles. The molecule has 43 heavy (non-hydrogen) atoms. The Kier molecular flexibility index (Phi) is 10.3. The van der Waals surface area contributed by atoms with Crippen LogP contribution in [0.4, 0.5) is 0 Å². The van der Waals surface area contributed by atoms with Gasteiger partial charge in [-0.3, -0.25) is 0 Å². The average Bonchev–Trinajstić information content (AvgIpc) is 3.61. The first kappa shape index (κ1) is 31.4. The zero-order chi connectivity index (χ0) is 30.3. The van der Waals surface area contributed by atoms with Crippen molar-refractivity contribution < 1.29 is 18.6 Å². The smallest absolute Gasteiger partial charge is 0.250 e. The van der Waals surface area contributed by atoms with Gasteiger partial charge in [0.2, 0.25) is 8.32 Å². The molecule has 2 aromatic carbocycles. The van der Waals surface area contributed by atoms with E-state index in [-0.39, 0.29) is 11.3 Å². The summed E-state index contributed by atoms with van der Waals surface area (Å²) < 4.78 is 26.4. The van der Waals surface area contributed by atoms with Crippen molar-refractivity contribution in [2.45, 2.75) is 90.4 Å². The number of benzene rings is 2. The van der Waals surface area contributed by atoms with Gasteiger partial charge in [0.15, 0.2) is 6.23 Å². The quantitative estimate of drug-likeness (QED) is 0.109. The van der Waals surface area contributed by atoms with Crippen molar-refractivity contribution >= 4 is 19.2 Å². The first-order chi connectivity index (χ1) is 20.7. The van der Waals surface area contributed by atoms with E-state index in [0.29, 0.717) is 33.0 Å². The number of hydrogen-bond acceptors (Lipinski definition) is 7. The lowest BCUT2D eigenvalue weighted by Gasteiger charge is -2.36. The summed E-state index contributed by atoms with van der Waals surface area (Å²) in [5.41, 5.74) is 3.78. The van der Waals surface area contributed by atoms with Crippen molar-refractivity contribution in [3.63, 3.8) is 0 Å². The largest absolute Gasteiger partial charge is 0.543 e. The van der Waals surface area contributed by atoms with Crippen molar-refractivity contribution in [2.24, 2.45) is 0 Å². The summed E-state index contributed by atoms with van der Waals surface area (Å²) in [6, 6.07) is 16.5. The van der Waals surface area contributed by atoms with E-state index in [2.05, 4.69) is 69.3 Å². The zero-order valence-corrected chi connectivity index (χ0v) is 27.4. The second-order valence-electron chi connectivity index (χ2n) is 12.8. The molecule has 0 radical (unpaired) electrons. The summed E-state index contributed by atoms with van der Waals surface area (Å²) in [6.45, 7) is 15.4. The third-order valence-corrected chi connectivity index (χ3v) is 12.8. The Morgan fingerprint density at radius 3 is 2.51 bits per heavy atom. The Morgan fingerprint density at radius 2 is 1.74 bits per heavy atom. The van der Waals surface area contributed by atoms with E-state index in [0.717, 1.165) is 66.8 Å². The van der Waals surface area contributed by atoms with Gasteiger partial charge >= 0.3 is 0 Å². The summed E-state index contributed by atoms with van der Waals surface area (Å²) in [4.78, 5) is 1.74. The van der Waals surface area contributed by atoms with E-state index in [1.807, 2.05) is 22.9 Å². The van der Waals surface area contributed by atoms with Crippen LogP contribution in [0.15, 0.2) is 54.7 Å². The van der Waals surface area contributed by atoms with Crippen LogP contribution in [0.3, 0.4) is 0 Å².